The van der Waals surface area contributed by atoms with Crippen molar-refractivity contribution in [2.24, 2.45) is 34.5 Å². The minimum atomic E-state index is -0.150. The van der Waals surface area contributed by atoms with E-state index in [1.807, 2.05) is 0 Å². The van der Waals surface area contributed by atoms with Gasteiger partial charge in [0.1, 0.15) is 18.2 Å². The summed E-state index contributed by atoms with van der Waals surface area (Å²) in [5.74, 6) is 2.73. The number of halogens is 1. The first-order chi connectivity index (χ1) is 18.2. The second-order valence-electron chi connectivity index (χ2n) is 15.5. The van der Waals surface area contributed by atoms with Crippen LogP contribution in [0.5, 0.6) is 0 Å². The van der Waals surface area contributed by atoms with E-state index in [9.17, 15) is 9.90 Å². The predicted molar refractivity (Wildman–Crippen MR) is 162 cm³/mol. The second-order valence-corrected chi connectivity index (χ2v) is 15.5. The van der Waals surface area contributed by atoms with Crippen LogP contribution < -0.4 is 0 Å². The number of hydrogen-bond donors (Lipinski definition) is 1. The van der Waals surface area contributed by atoms with Gasteiger partial charge in [0.05, 0.1) is 20.1 Å². The van der Waals surface area contributed by atoms with Gasteiger partial charge in [0, 0.05) is 24.8 Å². The first-order valence-electron chi connectivity index (χ1n) is 16.6. The van der Waals surface area contributed by atoms with Crippen molar-refractivity contribution in [2.75, 3.05) is 33.2 Å². The number of piperidine rings is 1. The van der Waals surface area contributed by atoms with Crippen LogP contribution in [0.25, 0.3) is 0 Å². The summed E-state index contributed by atoms with van der Waals surface area (Å²) in [6, 6.07) is 0.809. The van der Waals surface area contributed by atoms with Gasteiger partial charge in [-0.25, -0.2) is 0 Å². The minimum Gasteiger partial charge on any atom is -0.461 e. The largest absolute Gasteiger partial charge is 0.461 e. The molecule has 2 saturated heterocycles. The van der Waals surface area contributed by atoms with Gasteiger partial charge in [-0.1, -0.05) is 20.3 Å². The maximum atomic E-state index is 12.1. The number of ether oxygens (including phenoxy) is 1. The average molecular weight is 611 g/mol. The van der Waals surface area contributed by atoms with Gasteiger partial charge in [0.2, 0.25) is 0 Å². The molecule has 0 amide bonds. The van der Waals surface area contributed by atoms with Crippen LogP contribution in [-0.4, -0.2) is 78.0 Å². The zero-order valence-electron chi connectivity index (χ0n) is 25.4. The van der Waals surface area contributed by atoms with Gasteiger partial charge in [-0.2, -0.15) is 0 Å². The van der Waals surface area contributed by atoms with E-state index < -0.39 is 0 Å². The van der Waals surface area contributed by atoms with E-state index in [4.69, 9.17) is 4.74 Å². The zero-order valence-corrected chi connectivity index (χ0v) is 27.1. The molecule has 0 aromatic carbocycles. The molecule has 39 heavy (non-hydrogen) atoms. The molecular formula is C33H58BrN2O3+. The number of hydrogen-bond acceptors (Lipinski definition) is 4. The summed E-state index contributed by atoms with van der Waals surface area (Å²) in [7, 11) is 2.48. The monoisotopic (exact) mass is 609 g/mol. The lowest BCUT2D eigenvalue weighted by Crippen LogP contribution is -2.61. The SMILES string of the molecule is Br.CC(=O)OC1CC2CC[C@@H]3[C@@H](CC[C@]4(C)C(O)C([N+]5(C)CCCCCC5)C[C@@H]34)[C@@]2(C)CC1N1CCCCC1. The Bertz CT molecular complexity index is 871. The standard InChI is InChI=1S/C33H57N2O3.BrH/c1-23(36)38-30-20-24-12-13-25-26(33(24,3)22-28(30)34-16-8-7-9-17-34)14-15-32(2)27(25)21-29(31(32)37)35(4)18-10-5-6-11-19-35;/h24-31,37H,5-22H2,1-4H3;1H/q+1;/t24?,25-,26-,27+,28?,29?,30?,31?,32+,33+;/m1./s1. The highest BCUT2D eigenvalue weighted by Gasteiger charge is 2.66. The van der Waals surface area contributed by atoms with Gasteiger partial charge in [0.15, 0.2) is 0 Å². The quantitative estimate of drug-likeness (QED) is 0.299. The third-order valence-corrected chi connectivity index (χ3v) is 13.7. The van der Waals surface area contributed by atoms with Crippen LogP contribution in [0, 0.1) is 34.5 Å². The van der Waals surface area contributed by atoms with Gasteiger partial charge in [0.25, 0.3) is 0 Å². The maximum Gasteiger partial charge on any atom is 0.302 e. The molecule has 6 rings (SSSR count). The topological polar surface area (TPSA) is 49.8 Å². The summed E-state index contributed by atoms with van der Waals surface area (Å²) < 4.78 is 7.19. The van der Waals surface area contributed by atoms with E-state index >= 15 is 0 Å². The van der Waals surface area contributed by atoms with Crippen LogP contribution in [0.1, 0.15) is 111 Å². The fourth-order valence-electron chi connectivity index (χ4n) is 11.5. The Morgan fingerprint density at radius 2 is 1.56 bits per heavy atom. The third kappa shape index (κ3) is 5.18. The molecule has 0 radical (unpaired) electrons. The Morgan fingerprint density at radius 1 is 0.897 bits per heavy atom. The molecule has 6 aliphatic rings. The summed E-state index contributed by atoms with van der Waals surface area (Å²) in [5, 5.41) is 12.0. The Balaban J connectivity index is 0.00000308. The Kier molecular flexibility index (Phi) is 8.92. The van der Waals surface area contributed by atoms with Gasteiger partial charge in [-0.15, -0.1) is 17.0 Å². The predicted octanol–water partition coefficient (Wildman–Crippen LogP) is 6.36. The first-order valence-corrected chi connectivity index (χ1v) is 16.6. The molecule has 0 aromatic heterocycles. The van der Waals surface area contributed by atoms with E-state index in [0.717, 1.165) is 22.7 Å². The van der Waals surface area contributed by atoms with Gasteiger partial charge in [-0.3, -0.25) is 9.69 Å². The molecule has 1 N–H and O–H groups in total. The molecule has 4 aliphatic carbocycles. The number of likely N-dealkylation sites (N-methyl/N-ethyl adjacent to an activating group) is 1. The summed E-state index contributed by atoms with van der Waals surface area (Å²) in [4.78, 5) is 14.8. The van der Waals surface area contributed by atoms with Crippen molar-refractivity contribution in [3.63, 3.8) is 0 Å². The Labute approximate surface area is 249 Å². The van der Waals surface area contributed by atoms with Crippen molar-refractivity contribution < 1.29 is 19.1 Å². The lowest BCUT2D eigenvalue weighted by Gasteiger charge is -2.62. The molecule has 0 aromatic rings. The number of nitrogens with zero attached hydrogens (tertiary/aromatic N) is 2. The van der Waals surface area contributed by atoms with E-state index in [0.29, 0.717) is 29.3 Å². The molecule has 5 nitrogen and oxygen atoms in total. The number of aliphatic hydroxyl groups excluding tert-OH is 1. The van der Waals surface area contributed by atoms with Crippen LogP contribution >= 0.6 is 17.0 Å². The van der Waals surface area contributed by atoms with Crippen molar-refractivity contribution in [1.82, 2.24) is 4.90 Å². The number of esters is 1. The summed E-state index contributed by atoms with van der Waals surface area (Å²) in [5.41, 5.74) is 0.414. The lowest BCUT2D eigenvalue weighted by atomic mass is 9.44. The minimum absolute atomic E-state index is 0. The molecule has 6 fully saturated rings. The molecule has 0 spiro atoms. The van der Waals surface area contributed by atoms with E-state index in [1.165, 1.54) is 110 Å². The fourth-order valence-corrected chi connectivity index (χ4v) is 11.5. The van der Waals surface area contributed by atoms with Crippen molar-refractivity contribution in [3.8, 4) is 0 Å². The third-order valence-electron chi connectivity index (χ3n) is 13.7. The van der Waals surface area contributed by atoms with Gasteiger partial charge in [-0.05, 0) is 119 Å². The molecule has 2 heterocycles. The molecule has 10 atom stereocenters. The van der Waals surface area contributed by atoms with Crippen LogP contribution in [0.4, 0.5) is 0 Å². The molecule has 0 bridgehead atoms. The molecular weight excluding hydrogens is 552 g/mol. The number of rotatable bonds is 3. The Hall–Kier alpha value is -0.170. The van der Waals surface area contributed by atoms with E-state index in [2.05, 4.69) is 25.8 Å². The number of likely N-dealkylation sites (tertiary alicyclic amines) is 2. The normalized spacial score (nSPS) is 48.0. The smallest absolute Gasteiger partial charge is 0.302 e. The van der Waals surface area contributed by atoms with E-state index in [-0.39, 0.29) is 40.6 Å². The first kappa shape index (κ1) is 30.3. The second kappa shape index (κ2) is 11.5. The summed E-state index contributed by atoms with van der Waals surface area (Å²) in [6.45, 7) is 11.6. The summed E-state index contributed by atoms with van der Waals surface area (Å²) >= 11 is 0. The van der Waals surface area contributed by atoms with Crippen molar-refractivity contribution in [3.05, 3.63) is 0 Å². The van der Waals surface area contributed by atoms with Crippen LogP contribution in [0.15, 0.2) is 0 Å². The number of quaternary nitrogens is 1. The average Bonchev–Trinajstić information content (AvgIpc) is 3.02. The number of fused-ring (bicyclic) bond motifs is 5. The van der Waals surface area contributed by atoms with Crippen molar-refractivity contribution in [2.45, 2.75) is 135 Å². The zero-order chi connectivity index (χ0) is 26.7. The number of carbonyl (C=O) groups excluding carboxylic acids is 1. The highest BCUT2D eigenvalue weighted by molar-refractivity contribution is 8.93. The lowest BCUT2D eigenvalue weighted by molar-refractivity contribution is -0.935. The van der Waals surface area contributed by atoms with Crippen molar-refractivity contribution in [1.29, 1.82) is 0 Å². The van der Waals surface area contributed by atoms with Gasteiger partial charge < -0.3 is 14.3 Å². The molecule has 5 unspecified atom stereocenters. The van der Waals surface area contributed by atoms with Crippen LogP contribution in [-0.2, 0) is 9.53 Å². The molecule has 4 saturated carbocycles. The van der Waals surface area contributed by atoms with Gasteiger partial charge >= 0.3 is 5.97 Å². The summed E-state index contributed by atoms with van der Waals surface area (Å²) in [6.07, 6.45) is 17.8. The molecule has 2 aliphatic heterocycles. The molecule has 6 heteroatoms. The highest BCUT2D eigenvalue weighted by Crippen LogP contribution is 2.67. The van der Waals surface area contributed by atoms with Crippen LogP contribution in [0.3, 0.4) is 0 Å². The highest BCUT2D eigenvalue weighted by atomic mass is 79.9. The molecule has 224 valence electrons. The van der Waals surface area contributed by atoms with Crippen LogP contribution in [0.2, 0.25) is 0 Å². The fraction of sp³-hybridized carbons (Fsp3) is 0.970. The number of aliphatic hydroxyl groups is 1. The number of carbonyl (C=O) groups is 1. The maximum absolute atomic E-state index is 12.1. The van der Waals surface area contributed by atoms with Crippen molar-refractivity contribution >= 4 is 23.0 Å². The Morgan fingerprint density at radius 3 is 2.23 bits per heavy atom. The van der Waals surface area contributed by atoms with E-state index in [1.54, 1.807) is 6.92 Å².